The summed E-state index contributed by atoms with van der Waals surface area (Å²) in [5, 5.41) is 4.38. The van der Waals surface area contributed by atoms with Crippen LogP contribution in [0, 0.1) is 3.57 Å². The first-order valence-corrected chi connectivity index (χ1v) is 14.1. The largest absolute Gasteiger partial charge is 0.487 e. The molecule has 182 valence electrons. The van der Waals surface area contributed by atoms with Crippen molar-refractivity contribution in [1.82, 2.24) is 0 Å². The van der Waals surface area contributed by atoms with Crippen LogP contribution in [0.1, 0.15) is 44.8 Å². The maximum Gasteiger partial charge on any atom is 0.259 e. The van der Waals surface area contributed by atoms with Gasteiger partial charge in [-0.15, -0.1) is 11.3 Å². The van der Waals surface area contributed by atoms with Crippen molar-refractivity contribution in [2.24, 2.45) is 4.99 Å². The highest BCUT2D eigenvalue weighted by molar-refractivity contribution is 14.1. The number of aryl methyl sites for hydroxylation is 1. The lowest BCUT2D eigenvalue weighted by Gasteiger charge is -2.13. The van der Waals surface area contributed by atoms with Gasteiger partial charge in [-0.3, -0.25) is 4.79 Å². The summed E-state index contributed by atoms with van der Waals surface area (Å²) in [6, 6.07) is 23.3. The maximum absolute atomic E-state index is 13.4. The lowest BCUT2D eigenvalue weighted by molar-refractivity contribution is 0.102. The Morgan fingerprint density at radius 3 is 2.56 bits per heavy atom. The first-order chi connectivity index (χ1) is 17.6. The summed E-state index contributed by atoms with van der Waals surface area (Å²) in [5.41, 5.74) is 4.45. The van der Waals surface area contributed by atoms with Crippen LogP contribution in [-0.4, -0.2) is 12.1 Å². The zero-order valence-electron chi connectivity index (χ0n) is 19.5. The normalized spacial score (nSPS) is 12.9. The van der Waals surface area contributed by atoms with E-state index in [-0.39, 0.29) is 5.91 Å². The van der Waals surface area contributed by atoms with Crippen LogP contribution in [0.2, 0.25) is 5.02 Å². The van der Waals surface area contributed by atoms with Crippen molar-refractivity contribution < 1.29 is 9.53 Å². The van der Waals surface area contributed by atoms with Gasteiger partial charge in [0.2, 0.25) is 0 Å². The number of fused-ring (bicyclic) bond motifs is 1. The minimum Gasteiger partial charge on any atom is -0.487 e. The lowest BCUT2D eigenvalue weighted by atomic mass is 9.95. The van der Waals surface area contributed by atoms with Crippen molar-refractivity contribution in [2.45, 2.75) is 32.3 Å². The number of nitrogens with zero attached hydrogens (tertiary/aromatic N) is 1. The number of rotatable bonds is 7. The molecule has 1 aliphatic carbocycles. The second-order valence-corrected chi connectivity index (χ2v) is 11.2. The fourth-order valence-corrected chi connectivity index (χ4v) is 6.72. The second-order valence-electron chi connectivity index (χ2n) is 8.55. The number of anilines is 1. The molecule has 7 heteroatoms. The molecule has 0 spiro atoms. The number of ether oxygens (including phenoxy) is 1. The molecule has 4 aromatic rings. The quantitative estimate of drug-likeness (QED) is 0.165. The van der Waals surface area contributed by atoms with Crippen LogP contribution in [0.15, 0.2) is 77.8 Å². The minimum absolute atomic E-state index is 0.117. The lowest BCUT2D eigenvalue weighted by Crippen LogP contribution is -2.14. The highest BCUT2D eigenvalue weighted by atomic mass is 127. The Hall–Kier alpha value is -2.68. The minimum atomic E-state index is -0.117. The molecule has 0 unspecified atom stereocenters. The number of amides is 1. The van der Waals surface area contributed by atoms with Gasteiger partial charge in [-0.1, -0.05) is 60.1 Å². The van der Waals surface area contributed by atoms with Crippen LogP contribution in [-0.2, 0) is 19.4 Å². The van der Waals surface area contributed by atoms with Crippen LogP contribution in [0.5, 0.6) is 5.75 Å². The topological polar surface area (TPSA) is 50.7 Å². The van der Waals surface area contributed by atoms with Crippen LogP contribution in [0.3, 0.4) is 0 Å². The number of halogens is 2. The summed E-state index contributed by atoms with van der Waals surface area (Å²) < 4.78 is 7.11. The van der Waals surface area contributed by atoms with E-state index >= 15 is 0 Å². The Bertz CT molecular complexity index is 1400. The number of hydrogen-bond donors (Lipinski definition) is 1. The molecule has 1 aliphatic rings. The van der Waals surface area contributed by atoms with Crippen LogP contribution >= 0.6 is 45.5 Å². The van der Waals surface area contributed by atoms with Gasteiger partial charge in [-0.2, -0.15) is 0 Å². The number of aliphatic imine (C=N–C) groups is 1. The molecule has 0 radical (unpaired) electrons. The predicted octanol–water partition coefficient (Wildman–Crippen LogP) is 8.47. The van der Waals surface area contributed by atoms with Gasteiger partial charge in [-0.25, -0.2) is 4.99 Å². The van der Waals surface area contributed by atoms with Crippen LogP contribution < -0.4 is 10.1 Å². The summed E-state index contributed by atoms with van der Waals surface area (Å²) in [6.45, 7) is 0.442. The van der Waals surface area contributed by atoms with Gasteiger partial charge in [0.25, 0.3) is 5.91 Å². The van der Waals surface area contributed by atoms with Crippen LogP contribution in [0.4, 0.5) is 10.7 Å². The van der Waals surface area contributed by atoms with E-state index in [4.69, 9.17) is 21.3 Å². The zero-order valence-corrected chi connectivity index (χ0v) is 23.2. The van der Waals surface area contributed by atoms with Gasteiger partial charge in [0.15, 0.2) is 0 Å². The summed E-state index contributed by atoms with van der Waals surface area (Å²) in [5.74, 6) is 0.609. The molecular weight excluding hydrogens is 603 g/mol. The standard InChI is InChI=1S/C29H24ClIN2O2S/c30-21-15-20(27(24(31)16-21)35-18-19-9-3-1-4-10-19)17-32-29-26(23-13-7-8-14-25(23)36-29)28(34)33-22-11-5-2-6-12-22/h1-6,9-12,15-17H,7-8,13-14,18H2,(H,33,34). The number of hydrogen-bond acceptors (Lipinski definition) is 4. The fourth-order valence-electron chi connectivity index (χ4n) is 4.28. The number of thiophene rings is 1. The van der Waals surface area contributed by atoms with Gasteiger partial charge in [0.05, 0.1) is 9.13 Å². The van der Waals surface area contributed by atoms with E-state index in [9.17, 15) is 4.79 Å². The van der Waals surface area contributed by atoms with Crippen molar-refractivity contribution in [3.8, 4) is 5.75 Å². The third-order valence-corrected chi connectivity index (χ3v) is 8.21. The summed E-state index contributed by atoms with van der Waals surface area (Å²) >= 11 is 10.2. The number of para-hydroxylation sites is 1. The molecule has 4 nitrogen and oxygen atoms in total. The first kappa shape index (κ1) is 25.0. The number of carbonyl (C=O) groups is 1. The molecular formula is C29H24ClIN2O2S. The van der Waals surface area contributed by atoms with Gasteiger partial charge in [-0.05, 0) is 83.7 Å². The number of nitrogens with one attached hydrogen (secondary N) is 1. The molecule has 0 aliphatic heterocycles. The van der Waals surface area contributed by atoms with E-state index in [1.54, 1.807) is 17.6 Å². The first-order valence-electron chi connectivity index (χ1n) is 11.8. The Labute approximate surface area is 233 Å². The molecule has 1 aromatic heterocycles. The Morgan fingerprint density at radius 2 is 1.78 bits per heavy atom. The third kappa shape index (κ3) is 5.82. The third-order valence-electron chi connectivity index (χ3n) is 6.00. The zero-order chi connectivity index (χ0) is 24.9. The molecule has 0 atom stereocenters. The average Bonchev–Trinajstić information content (AvgIpc) is 3.26. The molecule has 0 saturated heterocycles. The predicted molar refractivity (Wildman–Crippen MR) is 158 cm³/mol. The van der Waals surface area contributed by atoms with Gasteiger partial charge < -0.3 is 10.1 Å². The molecule has 1 amide bonds. The molecule has 1 N–H and O–H groups in total. The molecule has 1 heterocycles. The molecule has 5 rings (SSSR count). The van der Waals surface area contributed by atoms with E-state index in [0.717, 1.165) is 62.4 Å². The van der Waals surface area contributed by atoms with Crippen LogP contribution in [0.25, 0.3) is 0 Å². The van der Waals surface area contributed by atoms with E-state index in [1.165, 1.54) is 4.88 Å². The van der Waals surface area contributed by atoms with E-state index in [0.29, 0.717) is 17.2 Å². The van der Waals surface area contributed by atoms with Crippen molar-refractivity contribution in [1.29, 1.82) is 0 Å². The van der Waals surface area contributed by atoms with Crippen molar-refractivity contribution in [3.63, 3.8) is 0 Å². The van der Waals surface area contributed by atoms with Gasteiger partial charge in [0.1, 0.15) is 17.4 Å². The van der Waals surface area contributed by atoms with Gasteiger partial charge in [0, 0.05) is 27.4 Å². The molecule has 0 fully saturated rings. The van der Waals surface area contributed by atoms with E-state index in [1.807, 2.05) is 72.8 Å². The van der Waals surface area contributed by atoms with E-state index < -0.39 is 0 Å². The SMILES string of the molecule is O=C(Nc1ccccc1)c1c(N=Cc2cc(Cl)cc(I)c2OCc2ccccc2)sc2c1CCCC2. The maximum atomic E-state index is 13.4. The van der Waals surface area contributed by atoms with Crippen molar-refractivity contribution in [2.75, 3.05) is 5.32 Å². The summed E-state index contributed by atoms with van der Waals surface area (Å²) in [6.07, 6.45) is 5.88. The number of carbonyl (C=O) groups excluding carboxylic acids is 1. The molecule has 3 aromatic carbocycles. The fraction of sp³-hybridized carbons (Fsp3) is 0.172. The molecule has 0 saturated carbocycles. The van der Waals surface area contributed by atoms with E-state index in [2.05, 4.69) is 27.9 Å². The Morgan fingerprint density at radius 1 is 1.06 bits per heavy atom. The number of benzene rings is 3. The van der Waals surface area contributed by atoms with Crippen molar-refractivity contribution >= 4 is 68.3 Å². The van der Waals surface area contributed by atoms with Crippen molar-refractivity contribution in [3.05, 3.63) is 109 Å². The van der Waals surface area contributed by atoms with Gasteiger partial charge >= 0.3 is 0 Å². The Balaban J connectivity index is 1.47. The summed E-state index contributed by atoms with van der Waals surface area (Å²) in [4.78, 5) is 19.5. The second kappa shape index (κ2) is 11.6. The monoisotopic (exact) mass is 626 g/mol. The highest BCUT2D eigenvalue weighted by Crippen LogP contribution is 2.40. The average molecular weight is 627 g/mol. The summed E-state index contributed by atoms with van der Waals surface area (Å²) in [7, 11) is 0. The Kier molecular flexibility index (Phi) is 8.04. The molecule has 36 heavy (non-hydrogen) atoms. The molecule has 0 bridgehead atoms. The highest BCUT2D eigenvalue weighted by Gasteiger charge is 2.25. The smallest absolute Gasteiger partial charge is 0.259 e.